The van der Waals surface area contributed by atoms with Gasteiger partial charge in [-0.25, -0.2) is 4.79 Å². The Hall–Kier alpha value is -2.88. The Bertz CT molecular complexity index is 672. The Morgan fingerprint density at radius 3 is 2.30 bits per heavy atom. The third-order valence-corrected chi connectivity index (χ3v) is 2.77. The number of aromatic carboxylic acids is 1. The van der Waals surface area contributed by atoms with Crippen molar-refractivity contribution >= 4 is 17.8 Å². The molecule has 0 unspecified atom stereocenters. The number of benzene rings is 2. The van der Waals surface area contributed by atoms with Crippen molar-refractivity contribution in [1.29, 1.82) is 0 Å². The average molecular weight is 268 g/mol. The van der Waals surface area contributed by atoms with Gasteiger partial charge in [-0.05, 0) is 18.2 Å². The van der Waals surface area contributed by atoms with Gasteiger partial charge in [0.1, 0.15) is 11.3 Å². The van der Waals surface area contributed by atoms with Gasteiger partial charge < -0.3 is 10.2 Å². The van der Waals surface area contributed by atoms with E-state index in [1.807, 2.05) is 6.07 Å². The molecule has 2 aromatic rings. The molecule has 0 aliphatic carbocycles. The van der Waals surface area contributed by atoms with Crippen molar-refractivity contribution in [1.82, 2.24) is 0 Å². The summed E-state index contributed by atoms with van der Waals surface area (Å²) in [7, 11) is 0. The predicted octanol–water partition coefficient (Wildman–Crippen LogP) is 2.99. The number of aromatic hydroxyl groups is 1. The molecule has 0 spiro atoms. The lowest BCUT2D eigenvalue weighted by atomic mass is 10.1. The minimum absolute atomic E-state index is 0.195. The normalized spacial score (nSPS) is 10.6. The molecule has 0 radical (unpaired) electrons. The molecule has 20 heavy (non-hydrogen) atoms. The number of carbonyl (C=O) groups is 2. The fraction of sp³-hybridized carbons (Fsp3) is 0. The first kappa shape index (κ1) is 13.5. The summed E-state index contributed by atoms with van der Waals surface area (Å²) in [5, 5.41) is 18.7. The van der Waals surface area contributed by atoms with Gasteiger partial charge >= 0.3 is 5.97 Å². The molecular formula is C16H12O4. The number of carboxylic acids is 1. The molecule has 0 aliphatic rings. The summed E-state index contributed by atoms with van der Waals surface area (Å²) in [6.07, 6.45) is 2.70. The Morgan fingerprint density at radius 2 is 1.65 bits per heavy atom. The van der Waals surface area contributed by atoms with Crippen molar-refractivity contribution in [3.05, 3.63) is 71.3 Å². The number of para-hydroxylation sites is 1. The van der Waals surface area contributed by atoms with Gasteiger partial charge in [-0.1, -0.05) is 42.5 Å². The Balaban J connectivity index is 2.27. The van der Waals surface area contributed by atoms with Gasteiger partial charge in [0.15, 0.2) is 5.78 Å². The fourth-order valence-electron chi connectivity index (χ4n) is 1.73. The summed E-state index contributed by atoms with van der Waals surface area (Å²) >= 11 is 0. The minimum atomic E-state index is -1.22. The van der Waals surface area contributed by atoms with Crippen LogP contribution >= 0.6 is 0 Å². The van der Waals surface area contributed by atoms with Gasteiger partial charge in [-0.15, -0.1) is 0 Å². The second-order valence-corrected chi connectivity index (χ2v) is 4.11. The van der Waals surface area contributed by atoms with E-state index in [2.05, 4.69) is 0 Å². The van der Waals surface area contributed by atoms with Crippen LogP contribution in [0.5, 0.6) is 5.75 Å². The second kappa shape index (κ2) is 5.84. The first-order valence-corrected chi connectivity index (χ1v) is 5.92. The third-order valence-electron chi connectivity index (χ3n) is 2.77. The molecule has 0 heterocycles. The van der Waals surface area contributed by atoms with Gasteiger partial charge in [0.25, 0.3) is 0 Å². The summed E-state index contributed by atoms with van der Waals surface area (Å²) in [5.41, 5.74) is 0.617. The molecule has 2 aromatic carbocycles. The fourth-order valence-corrected chi connectivity index (χ4v) is 1.73. The summed E-state index contributed by atoms with van der Waals surface area (Å²) < 4.78 is 0. The van der Waals surface area contributed by atoms with Gasteiger partial charge in [0.05, 0.1) is 0 Å². The summed E-state index contributed by atoms with van der Waals surface area (Å²) in [5.74, 6) is -1.78. The quantitative estimate of drug-likeness (QED) is 0.660. The standard InChI is InChI=1S/C16H12O4/c17-14(11-5-2-1-3-6-11)10-9-12-7-4-8-13(15(12)18)16(19)20/h1-10,18H,(H,19,20). The topological polar surface area (TPSA) is 74.6 Å². The molecule has 0 aromatic heterocycles. The van der Waals surface area contributed by atoms with Gasteiger partial charge in [-0.2, -0.15) is 0 Å². The van der Waals surface area contributed by atoms with Crippen LogP contribution in [0.25, 0.3) is 6.08 Å². The molecule has 4 nitrogen and oxygen atoms in total. The number of allylic oxidation sites excluding steroid dienone is 1. The van der Waals surface area contributed by atoms with Crippen LogP contribution in [0, 0.1) is 0 Å². The van der Waals surface area contributed by atoms with Gasteiger partial charge in [0, 0.05) is 11.1 Å². The van der Waals surface area contributed by atoms with E-state index in [0.717, 1.165) is 0 Å². The van der Waals surface area contributed by atoms with Crippen LogP contribution in [0.4, 0.5) is 0 Å². The van der Waals surface area contributed by atoms with Crippen molar-refractivity contribution in [2.75, 3.05) is 0 Å². The molecule has 0 atom stereocenters. The minimum Gasteiger partial charge on any atom is -0.506 e. The number of hydrogen-bond donors (Lipinski definition) is 2. The highest BCUT2D eigenvalue weighted by atomic mass is 16.4. The molecule has 0 saturated carbocycles. The lowest BCUT2D eigenvalue weighted by Gasteiger charge is -2.02. The molecule has 0 fully saturated rings. The molecule has 0 aliphatic heterocycles. The molecule has 4 heteroatoms. The number of carboxylic acid groups (broad SMARTS) is 1. The Kier molecular flexibility index (Phi) is 3.96. The summed E-state index contributed by atoms with van der Waals surface area (Å²) in [6, 6.07) is 13.0. The maximum atomic E-state index is 11.9. The van der Waals surface area contributed by atoms with Crippen molar-refractivity contribution < 1.29 is 19.8 Å². The number of ketones is 1. The zero-order valence-electron chi connectivity index (χ0n) is 10.5. The average Bonchev–Trinajstić information content (AvgIpc) is 2.46. The second-order valence-electron chi connectivity index (χ2n) is 4.11. The predicted molar refractivity (Wildman–Crippen MR) is 74.9 cm³/mol. The largest absolute Gasteiger partial charge is 0.506 e. The lowest BCUT2D eigenvalue weighted by molar-refractivity contribution is 0.0693. The molecule has 100 valence electrons. The third kappa shape index (κ3) is 2.92. The molecular weight excluding hydrogens is 256 g/mol. The van der Waals surface area contributed by atoms with E-state index in [1.165, 1.54) is 30.4 Å². The lowest BCUT2D eigenvalue weighted by Crippen LogP contribution is -1.97. The van der Waals surface area contributed by atoms with Crippen LogP contribution in [0.3, 0.4) is 0 Å². The number of rotatable bonds is 4. The molecule has 0 amide bonds. The van der Waals surface area contributed by atoms with E-state index in [0.29, 0.717) is 5.56 Å². The number of hydrogen-bond acceptors (Lipinski definition) is 3. The van der Waals surface area contributed by atoms with Crippen LogP contribution < -0.4 is 0 Å². The van der Waals surface area contributed by atoms with Crippen molar-refractivity contribution in [3.8, 4) is 5.75 Å². The van der Waals surface area contributed by atoms with Gasteiger partial charge in [0.2, 0.25) is 0 Å². The van der Waals surface area contributed by atoms with Crippen LogP contribution in [-0.2, 0) is 0 Å². The van der Waals surface area contributed by atoms with Crippen LogP contribution in [-0.4, -0.2) is 22.0 Å². The highest BCUT2D eigenvalue weighted by Crippen LogP contribution is 2.23. The van der Waals surface area contributed by atoms with Crippen LogP contribution in [0.1, 0.15) is 26.3 Å². The Morgan fingerprint density at radius 1 is 0.950 bits per heavy atom. The monoisotopic (exact) mass is 268 g/mol. The van der Waals surface area contributed by atoms with Crippen molar-refractivity contribution in [3.63, 3.8) is 0 Å². The zero-order chi connectivity index (χ0) is 14.5. The first-order valence-electron chi connectivity index (χ1n) is 5.92. The summed E-state index contributed by atoms with van der Waals surface area (Å²) in [6.45, 7) is 0. The first-order chi connectivity index (χ1) is 9.59. The maximum absolute atomic E-state index is 11.9. The van der Waals surface area contributed by atoms with Gasteiger partial charge in [-0.3, -0.25) is 4.79 Å². The Labute approximate surface area is 115 Å². The van der Waals surface area contributed by atoms with E-state index in [-0.39, 0.29) is 22.7 Å². The maximum Gasteiger partial charge on any atom is 0.339 e. The van der Waals surface area contributed by atoms with Crippen molar-refractivity contribution in [2.24, 2.45) is 0 Å². The molecule has 2 rings (SSSR count). The highest BCUT2D eigenvalue weighted by Gasteiger charge is 2.11. The number of phenols is 1. The summed E-state index contributed by atoms with van der Waals surface area (Å²) in [4.78, 5) is 22.7. The SMILES string of the molecule is O=C(C=Cc1cccc(C(=O)O)c1O)c1ccccc1. The van der Waals surface area contributed by atoms with E-state index in [9.17, 15) is 14.7 Å². The van der Waals surface area contributed by atoms with E-state index < -0.39 is 5.97 Å². The zero-order valence-corrected chi connectivity index (χ0v) is 10.5. The van der Waals surface area contributed by atoms with E-state index in [4.69, 9.17) is 5.11 Å². The smallest absolute Gasteiger partial charge is 0.339 e. The molecule has 0 saturated heterocycles. The highest BCUT2D eigenvalue weighted by molar-refractivity contribution is 6.07. The van der Waals surface area contributed by atoms with E-state index in [1.54, 1.807) is 24.3 Å². The molecule has 0 bridgehead atoms. The van der Waals surface area contributed by atoms with Crippen molar-refractivity contribution in [2.45, 2.75) is 0 Å². The van der Waals surface area contributed by atoms with Crippen LogP contribution in [0.15, 0.2) is 54.6 Å². The number of carbonyl (C=O) groups excluding carboxylic acids is 1. The van der Waals surface area contributed by atoms with Crippen LogP contribution in [0.2, 0.25) is 0 Å². The molecule has 2 N–H and O–H groups in total. The van der Waals surface area contributed by atoms with E-state index >= 15 is 0 Å².